The molecule has 5 nitrogen and oxygen atoms in total. The zero-order valence-electron chi connectivity index (χ0n) is 12.2. The summed E-state index contributed by atoms with van der Waals surface area (Å²) < 4.78 is 5.51. The quantitative estimate of drug-likeness (QED) is 0.903. The van der Waals surface area contributed by atoms with Crippen molar-refractivity contribution in [3.05, 3.63) is 30.3 Å². The molecular weight excluding hydrogens is 270 g/mol. The maximum Gasteiger partial charge on any atom is 0.309 e. The van der Waals surface area contributed by atoms with Gasteiger partial charge in [0, 0.05) is 13.1 Å². The van der Waals surface area contributed by atoms with E-state index in [-0.39, 0.29) is 5.91 Å². The highest BCUT2D eigenvalue weighted by molar-refractivity contribution is 5.78. The molecule has 1 fully saturated rings. The van der Waals surface area contributed by atoms with Crippen molar-refractivity contribution < 1.29 is 19.4 Å². The highest BCUT2D eigenvalue weighted by atomic mass is 16.5. The highest BCUT2D eigenvalue weighted by Crippen LogP contribution is 2.31. The SMILES string of the molecule is CC1(C(=O)O)CCN(C(=O)CCOc2ccccc2)CC1. The van der Waals surface area contributed by atoms with Crippen LogP contribution in [-0.4, -0.2) is 41.6 Å². The second-order valence-electron chi connectivity index (χ2n) is 5.66. The number of para-hydroxylation sites is 1. The van der Waals surface area contributed by atoms with E-state index in [1.807, 2.05) is 30.3 Å². The number of nitrogens with zero attached hydrogens (tertiary/aromatic N) is 1. The summed E-state index contributed by atoms with van der Waals surface area (Å²) in [5, 5.41) is 9.17. The number of carboxylic acids is 1. The largest absolute Gasteiger partial charge is 0.493 e. The fraction of sp³-hybridized carbons (Fsp3) is 0.500. The van der Waals surface area contributed by atoms with Crippen molar-refractivity contribution in [2.45, 2.75) is 26.2 Å². The fourth-order valence-corrected chi connectivity index (χ4v) is 2.39. The van der Waals surface area contributed by atoms with Crippen LogP contribution >= 0.6 is 0 Å². The Kier molecular flexibility index (Phi) is 4.83. The van der Waals surface area contributed by atoms with Gasteiger partial charge in [-0.2, -0.15) is 0 Å². The molecule has 21 heavy (non-hydrogen) atoms. The van der Waals surface area contributed by atoms with Crippen molar-refractivity contribution in [1.82, 2.24) is 4.90 Å². The summed E-state index contributed by atoms with van der Waals surface area (Å²) in [5.74, 6) is 0.00257. The number of rotatable bonds is 5. The minimum atomic E-state index is -0.776. The van der Waals surface area contributed by atoms with E-state index in [0.717, 1.165) is 5.75 Å². The predicted molar refractivity (Wildman–Crippen MR) is 78.1 cm³/mol. The van der Waals surface area contributed by atoms with Crippen molar-refractivity contribution in [3.8, 4) is 5.75 Å². The first-order valence-corrected chi connectivity index (χ1v) is 7.20. The lowest BCUT2D eigenvalue weighted by Crippen LogP contribution is -2.45. The molecule has 1 heterocycles. The number of amides is 1. The highest BCUT2D eigenvalue weighted by Gasteiger charge is 2.37. The molecule has 0 atom stereocenters. The second kappa shape index (κ2) is 6.61. The number of likely N-dealkylation sites (tertiary alicyclic amines) is 1. The van der Waals surface area contributed by atoms with E-state index in [9.17, 15) is 9.59 Å². The van der Waals surface area contributed by atoms with Crippen LogP contribution in [0, 0.1) is 5.41 Å². The zero-order valence-corrected chi connectivity index (χ0v) is 12.2. The Labute approximate surface area is 124 Å². The van der Waals surface area contributed by atoms with Crippen LogP contribution in [0.3, 0.4) is 0 Å². The van der Waals surface area contributed by atoms with Gasteiger partial charge in [-0.15, -0.1) is 0 Å². The van der Waals surface area contributed by atoms with Crippen LogP contribution in [-0.2, 0) is 9.59 Å². The standard InChI is InChI=1S/C16H21NO4/c1-16(15(19)20)8-10-17(11-9-16)14(18)7-12-21-13-5-3-2-4-6-13/h2-6H,7-12H2,1H3,(H,19,20). The normalized spacial score (nSPS) is 17.3. The van der Waals surface area contributed by atoms with E-state index < -0.39 is 11.4 Å². The van der Waals surface area contributed by atoms with E-state index in [4.69, 9.17) is 9.84 Å². The van der Waals surface area contributed by atoms with Crippen molar-refractivity contribution >= 4 is 11.9 Å². The predicted octanol–water partition coefficient (Wildman–Crippen LogP) is 2.17. The van der Waals surface area contributed by atoms with Crippen LogP contribution in [0.5, 0.6) is 5.75 Å². The van der Waals surface area contributed by atoms with Crippen molar-refractivity contribution in [2.75, 3.05) is 19.7 Å². The van der Waals surface area contributed by atoms with Gasteiger partial charge < -0.3 is 14.7 Å². The monoisotopic (exact) mass is 291 g/mol. The van der Waals surface area contributed by atoms with E-state index >= 15 is 0 Å². The first kappa shape index (κ1) is 15.4. The molecule has 0 aliphatic carbocycles. The maximum atomic E-state index is 12.1. The number of ether oxygens (including phenoxy) is 1. The minimum absolute atomic E-state index is 0.0263. The Hall–Kier alpha value is -2.04. The van der Waals surface area contributed by atoms with Gasteiger partial charge >= 0.3 is 5.97 Å². The van der Waals surface area contributed by atoms with Gasteiger partial charge in [-0.3, -0.25) is 9.59 Å². The van der Waals surface area contributed by atoms with E-state index in [2.05, 4.69) is 0 Å². The van der Waals surface area contributed by atoms with Crippen LogP contribution in [0.15, 0.2) is 30.3 Å². The molecular formula is C16H21NO4. The molecule has 0 spiro atoms. The molecule has 0 saturated carbocycles. The third-order valence-corrected chi connectivity index (χ3v) is 4.06. The van der Waals surface area contributed by atoms with Gasteiger partial charge in [0.2, 0.25) is 5.91 Å². The Morgan fingerprint density at radius 1 is 1.24 bits per heavy atom. The summed E-state index contributed by atoms with van der Waals surface area (Å²) >= 11 is 0. The molecule has 0 unspecified atom stereocenters. The number of benzene rings is 1. The summed E-state index contributed by atoms with van der Waals surface area (Å²) in [6.07, 6.45) is 1.33. The number of carbonyl (C=O) groups excluding carboxylic acids is 1. The van der Waals surface area contributed by atoms with Crippen LogP contribution in [0.2, 0.25) is 0 Å². The molecule has 1 aromatic rings. The number of hydrogen-bond donors (Lipinski definition) is 1. The molecule has 0 bridgehead atoms. The Bertz CT molecular complexity index is 492. The molecule has 1 aromatic carbocycles. The molecule has 114 valence electrons. The van der Waals surface area contributed by atoms with Crippen molar-refractivity contribution in [2.24, 2.45) is 5.41 Å². The van der Waals surface area contributed by atoms with E-state index in [0.29, 0.717) is 39.0 Å². The van der Waals surface area contributed by atoms with Gasteiger partial charge in [0.05, 0.1) is 18.4 Å². The Morgan fingerprint density at radius 2 is 1.86 bits per heavy atom. The number of piperidine rings is 1. The Morgan fingerprint density at radius 3 is 2.43 bits per heavy atom. The molecule has 5 heteroatoms. The molecule has 1 aliphatic rings. The molecule has 1 N–H and O–H groups in total. The van der Waals surface area contributed by atoms with E-state index in [1.54, 1.807) is 11.8 Å². The van der Waals surface area contributed by atoms with Gasteiger partial charge in [0.15, 0.2) is 0 Å². The molecule has 0 radical (unpaired) electrons. The fourth-order valence-electron chi connectivity index (χ4n) is 2.39. The summed E-state index contributed by atoms with van der Waals surface area (Å²) in [7, 11) is 0. The van der Waals surface area contributed by atoms with Crippen LogP contribution in [0.4, 0.5) is 0 Å². The van der Waals surface area contributed by atoms with Crippen LogP contribution < -0.4 is 4.74 Å². The zero-order chi connectivity index (χ0) is 15.3. The number of carboxylic acid groups (broad SMARTS) is 1. The molecule has 2 rings (SSSR count). The summed E-state index contributed by atoms with van der Waals surface area (Å²) in [6.45, 7) is 3.10. The lowest BCUT2D eigenvalue weighted by atomic mass is 9.80. The van der Waals surface area contributed by atoms with Gasteiger partial charge in [-0.1, -0.05) is 18.2 Å². The van der Waals surface area contributed by atoms with Gasteiger partial charge in [-0.05, 0) is 31.9 Å². The van der Waals surface area contributed by atoms with Gasteiger partial charge in [0.1, 0.15) is 5.75 Å². The number of carbonyl (C=O) groups is 2. The first-order chi connectivity index (χ1) is 10.0. The topological polar surface area (TPSA) is 66.8 Å². The summed E-state index contributed by atoms with van der Waals surface area (Å²) in [6, 6.07) is 9.38. The first-order valence-electron chi connectivity index (χ1n) is 7.20. The smallest absolute Gasteiger partial charge is 0.309 e. The summed E-state index contributed by atoms with van der Waals surface area (Å²) in [4.78, 5) is 25.0. The number of hydrogen-bond acceptors (Lipinski definition) is 3. The van der Waals surface area contributed by atoms with Gasteiger partial charge in [-0.25, -0.2) is 0 Å². The molecule has 0 aromatic heterocycles. The average Bonchev–Trinajstić information content (AvgIpc) is 2.49. The lowest BCUT2D eigenvalue weighted by molar-refractivity contribution is -0.153. The van der Waals surface area contributed by atoms with Crippen molar-refractivity contribution in [1.29, 1.82) is 0 Å². The summed E-state index contributed by atoms with van der Waals surface area (Å²) in [5.41, 5.74) is -0.697. The Balaban J connectivity index is 1.74. The second-order valence-corrected chi connectivity index (χ2v) is 5.66. The van der Waals surface area contributed by atoms with Crippen molar-refractivity contribution in [3.63, 3.8) is 0 Å². The third-order valence-electron chi connectivity index (χ3n) is 4.06. The van der Waals surface area contributed by atoms with Crippen LogP contribution in [0.25, 0.3) is 0 Å². The average molecular weight is 291 g/mol. The third kappa shape index (κ3) is 3.97. The molecule has 1 saturated heterocycles. The van der Waals surface area contributed by atoms with Crippen LogP contribution in [0.1, 0.15) is 26.2 Å². The maximum absolute atomic E-state index is 12.1. The lowest BCUT2D eigenvalue weighted by Gasteiger charge is -2.36. The molecule has 1 aliphatic heterocycles. The minimum Gasteiger partial charge on any atom is -0.493 e. The molecule has 1 amide bonds. The van der Waals surface area contributed by atoms with Gasteiger partial charge in [0.25, 0.3) is 0 Å². The van der Waals surface area contributed by atoms with E-state index in [1.165, 1.54) is 0 Å². The number of aliphatic carboxylic acids is 1.